The monoisotopic (exact) mass is 319 g/mol. The van der Waals surface area contributed by atoms with Crippen LogP contribution in [0.3, 0.4) is 0 Å². The number of pyridine rings is 1. The van der Waals surface area contributed by atoms with Gasteiger partial charge in [0.05, 0.1) is 11.6 Å². The third-order valence-corrected chi connectivity index (χ3v) is 3.31. The highest BCUT2D eigenvalue weighted by molar-refractivity contribution is 9.10. The van der Waals surface area contributed by atoms with E-state index in [1.165, 1.54) is 0 Å². The van der Waals surface area contributed by atoms with Crippen molar-refractivity contribution in [1.29, 1.82) is 0 Å². The molecular formula is C14H14BrN3O. The van der Waals surface area contributed by atoms with Crippen molar-refractivity contribution in [3.8, 4) is 0 Å². The van der Waals surface area contributed by atoms with E-state index in [0.717, 1.165) is 10.0 Å². The molecule has 3 N–H and O–H groups in total. The summed E-state index contributed by atoms with van der Waals surface area (Å²) in [4.78, 5) is 16.1. The zero-order chi connectivity index (χ0) is 13.8. The number of aromatic nitrogens is 1. The molecule has 0 aliphatic heterocycles. The second-order valence-corrected chi connectivity index (χ2v) is 5.12. The van der Waals surface area contributed by atoms with E-state index in [0.29, 0.717) is 11.3 Å². The fourth-order valence-corrected chi connectivity index (χ4v) is 2.13. The molecule has 0 bridgehead atoms. The lowest BCUT2D eigenvalue weighted by atomic mass is 10.1. The summed E-state index contributed by atoms with van der Waals surface area (Å²) in [5.74, 6) is -0.186. The highest BCUT2D eigenvalue weighted by atomic mass is 79.9. The number of hydrogen-bond donors (Lipinski definition) is 2. The van der Waals surface area contributed by atoms with Crippen molar-refractivity contribution in [3.63, 3.8) is 0 Å². The standard InChI is InChI=1S/C14H14BrN3O/c1-9(10-4-6-17-7-5-10)18-14(19)12-3-2-11(15)8-13(12)16/h2-9H,16H2,1H3,(H,18,19)/t9-/m1/s1. The Morgan fingerprint density at radius 1 is 1.32 bits per heavy atom. The summed E-state index contributed by atoms with van der Waals surface area (Å²) >= 11 is 3.31. The van der Waals surface area contributed by atoms with E-state index in [4.69, 9.17) is 5.73 Å². The van der Waals surface area contributed by atoms with Crippen LogP contribution >= 0.6 is 15.9 Å². The molecule has 2 rings (SSSR count). The fourth-order valence-electron chi connectivity index (χ4n) is 1.75. The molecule has 0 radical (unpaired) electrons. The third-order valence-electron chi connectivity index (χ3n) is 2.81. The Balaban J connectivity index is 2.13. The van der Waals surface area contributed by atoms with E-state index >= 15 is 0 Å². The van der Waals surface area contributed by atoms with Crippen LogP contribution in [0.25, 0.3) is 0 Å². The van der Waals surface area contributed by atoms with Gasteiger partial charge in [0.1, 0.15) is 0 Å². The van der Waals surface area contributed by atoms with E-state index in [2.05, 4.69) is 26.2 Å². The van der Waals surface area contributed by atoms with E-state index in [1.54, 1.807) is 30.6 Å². The van der Waals surface area contributed by atoms with E-state index in [1.807, 2.05) is 19.1 Å². The van der Waals surface area contributed by atoms with Crippen LogP contribution < -0.4 is 11.1 Å². The molecule has 5 heteroatoms. The van der Waals surface area contributed by atoms with Gasteiger partial charge in [-0.2, -0.15) is 0 Å². The molecule has 0 unspecified atom stereocenters. The van der Waals surface area contributed by atoms with Crippen LogP contribution in [-0.4, -0.2) is 10.9 Å². The molecular weight excluding hydrogens is 306 g/mol. The molecule has 1 aromatic carbocycles. The first-order chi connectivity index (χ1) is 9.08. The zero-order valence-electron chi connectivity index (χ0n) is 10.4. The lowest BCUT2D eigenvalue weighted by molar-refractivity contribution is 0.0941. The number of halogens is 1. The Kier molecular flexibility index (Phi) is 4.16. The maximum atomic E-state index is 12.1. The highest BCUT2D eigenvalue weighted by Gasteiger charge is 2.13. The summed E-state index contributed by atoms with van der Waals surface area (Å²) in [6.07, 6.45) is 3.40. The number of hydrogen-bond acceptors (Lipinski definition) is 3. The summed E-state index contributed by atoms with van der Waals surface area (Å²) in [6, 6.07) is 8.85. The number of nitrogens with two attached hydrogens (primary N) is 1. The maximum absolute atomic E-state index is 12.1. The summed E-state index contributed by atoms with van der Waals surface area (Å²) in [7, 11) is 0. The first-order valence-electron chi connectivity index (χ1n) is 5.83. The van der Waals surface area contributed by atoms with Crippen molar-refractivity contribution in [1.82, 2.24) is 10.3 Å². The number of nitrogens with zero attached hydrogens (tertiary/aromatic N) is 1. The minimum atomic E-state index is -0.186. The number of nitrogens with one attached hydrogen (secondary N) is 1. The first kappa shape index (κ1) is 13.5. The summed E-state index contributed by atoms with van der Waals surface area (Å²) < 4.78 is 0.851. The summed E-state index contributed by atoms with van der Waals surface area (Å²) in [6.45, 7) is 1.92. The SMILES string of the molecule is C[C@@H](NC(=O)c1ccc(Br)cc1N)c1ccncc1. The topological polar surface area (TPSA) is 68.0 Å². The second kappa shape index (κ2) is 5.84. The molecule has 1 amide bonds. The van der Waals surface area contributed by atoms with Gasteiger partial charge in [-0.15, -0.1) is 0 Å². The van der Waals surface area contributed by atoms with Crippen molar-refractivity contribution >= 4 is 27.5 Å². The molecule has 2 aromatic rings. The second-order valence-electron chi connectivity index (χ2n) is 4.21. The van der Waals surface area contributed by atoms with Crippen molar-refractivity contribution in [2.45, 2.75) is 13.0 Å². The average Bonchev–Trinajstić information content (AvgIpc) is 2.39. The number of carbonyl (C=O) groups is 1. The van der Waals surface area contributed by atoms with Gasteiger partial charge in [0, 0.05) is 22.6 Å². The predicted molar refractivity (Wildman–Crippen MR) is 78.7 cm³/mol. The Morgan fingerprint density at radius 3 is 2.63 bits per heavy atom. The predicted octanol–water partition coefficient (Wildman–Crippen LogP) is 2.92. The molecule has 0 saturated carbocycles. The average molecular weight is 320 g/mol. The number of carbonyl (C=O) groups excluding carboxylic acids is 1. The third kappa shape index (κ3) is 3.32. The Bertz CT molecular complexity index is 586. The summed E-state index contributed by atoms with van der Waals surface area (Å²) in [5, 5.41) is 2.91. The molecule has 0 saturated heterocycles. The minimum absolute atomic E-state index is 0.0986. The minimum Gasteiger partial charge on any atom is -0.398 e. The van der Waals surface area contributed by atoms with Crippen LogP contribution in [0.5, 0.6) is 0 Å². The van der Waals surface area contributed by atoms with Crippen LogP contribution in [0.2, 0.25) is 0 Å². The number of benzene rings is 1. The number of nitrogen functional groups attached to an aromatic ring is 1. The van der Waals surface area contributed by atoms with Crippen LogP contribution in [0.1, 0.15) is 28.9 Å². The molecule has 98 valence electrons. The van der Waals surface area contributed by atoms with Gasteiger partial charge in [-0.3, -0.25) is 9.78 Å². The van der Waals surface area contributed by atoms with Crippen LogP contribution in [-0.2, 0) is 0 Å². The fraction of sp³-hybridized carbons (Fsp3) is 0.143. The number of rotatable bonds is 3. The molecule has 0 fully saturated rings. The molecule has 0 spiro atoms. The van der Waals surface area contributed by atoms with Gasteiger partial charge >= 0.3 is 0 Å². The number of amides is 1. The van der Waals surface area contributed by atoms with Crippen LogP contribution in [0.15, 0.2) is 47.2 Å². The molecule has 0 aliphatic carbocycles. The van der Waals surface area contributed by atoms with Gasteiger partial charge in [0.2, 0.25) is 0 Å². The Morgan fingerprint density at radius 2 is 2.00 bits per heavy atom. The lowest BCUT2D eigenvalue weighted by Crippen LogP contribution is -2.27. The van der Waals surface area contributed by atoms with Gasteiger partial charge in [-0.1, -0.05) is 15.9 Å². The van der Waals surface area contributed by atoms with Crippen LogP contribution in [0.4, 0.5) is 5.69 Å². The number of anilines is 1. The Hall–Kier alpha value is -1.88. The van der Waals surface area contributed by atoms with Gasteiger partial charge in [-0.05, 0) is 42.8 Å². The normalized spacial score (nSPS) is 11.9. The van der Waals surface area contributed by atoms with Gasteiger partial charge in [0.25, 0.3) is 5.91 Å². The van der Waals surface area contributed by atoms with Crippen molar-refractivity contribution < 1.29 is 4.79 Å². The van der Waals surface area contributed by atoms with Crippen molar-refractivity contribution in [2.75, 3.05) is 5.73 Å². The van der Waals surface area contributed by atoms with E-state index in [-0.39, 0.29) is 11.9 Å². The first-order valence-corrected chi connectivity index (χ1v) is 6.63. The molecule has 1 aromatic heterocycles. The smallest absolute Gasteiger partial charge is 0.253 e. The van der Waals surface area contributed by atoms with Gasteiger partial charge in [0.15, 0.2) is 0 Å². The maximum Gasteiger partial charge on any atom is 0.253 e. The van der Waals surface area contributed by atoms with Gasteiger partial charge < -0.3 is 11.1 Å². The van der Waals surface area contributed by atoms with Crippen molar-refractivity contribution in [3.05, 3.63) is 58.3 Å². The quantitative estimate of drug-likeness (QED) is 0.855. The highest BCUT2D eigenvalue weighted by Crippen LogP contribution is 2.19. The zero-order valence-corrected chi connectivity index (χ0v) is 12.0. The van der Waals surface area contributed by atoms with E-state index < -0.39 is 0 Å². The lowest BCUT2D eigenvalue weighted by Gasteiger charge is -2.15. The van der Waals surface area contributed by atoms with Crippen molar-refractivity contribution in [2.24, 2.45) is 0 Å². The molecule has 4 nitrogen and oxygen atoms in total. The molecule has 1 heterocycles. The van der Waals surface area contributed by atoms with Gasteiger partial charge in [-0.25, -0.2) is 0 Å². The molecule has 0 aliphatic rings. The molecule has 1 atom stereocenters. The van der Waals surface area contributed by atoms with E-state index in [9.17, 15) is 4.79 Å². The largest absolute Gasteiger partial charge is 0.398 e. The summed E-state index contributed by atoms with van der Waals surface area (Å²) in [5.41, 5.74) is 7.76. The molecule has 19 heavy (non-hydrogen) atoms. The Labute approximate surface area is 120 Å². The van der Waals surface area contributed by atoms with Crippen LogP contribution in [0, 0.1) is 0 Å².